The number of benzene rings is 8. The van der Waals surface area contributed by atoms with Gasteiger partial charge in [-0.2, -0.15) is 0 Å². The molecule has 9 rings (SSSR count). The third-order valence-corrected chi connectivity index (χ3v) is 9.98. The van der Waals surface area contributed by atoms with E-state index in [1.54, 1.807) is 0 Å². The molecular weight excluding hydrogens is 558 g/mol. The summed E-state index contributed by atoms with van der Waals surface area (Å²) in [6, 6.07) is 45.0. The van der Waals surface area contributed by atoms with Crippen LogP contribution in [0.1, 0.15) is 36.5 Å². The summed E-state index contributed by atoms with van der Waals surface area (Å²) in [4.78, 5) is 2.35. The average Bonchev–Trinajstić information content (AvgIpc) is 3.09. The van der Waals surface area contributed by atoms with Crippen LogP contribution in [0.2, 0.25) is 0 Å². The van der Waals surface area contributed by atoms with Crippen molar-refractivity contribution in [2.75, 3.05) is 4.90 Å². The van der Waals surface area contributed by atoms with Gasteiger partial charge in [-0.15, -0.1) is 0 Å². The van der Waals surface area contributed by atoms with Gasteiger partial charge in [0.1, 0.15) is 0 Å². The number of rotatable bonds is 5. The van der Waals surface area contributed by atoms with Crippen molar-refractivity contribution in [1.82, 2.24) is 0 Å². The highest BCUT2D eigenvalue weighted by molar-refractivity contribution is 6.34. The van der Waals surface area contributed by atoms with E-state index in [4.69, 9.17) is 4.74 Å². The van der Waals surface area contributed by atoms with Crippen molar-refractivity contribution in [3.8, 4) is 22.6 Å². The Labute approximate surface area is 269 Å². The zero-order chi connectivity index (χ0) is 30.9. The lowest BCUT2D eigenvalue weighted by Crippen LogP contribution is -2.16. The highest BCUT2D eigenvalue weighted by atomic mass is 16.5. The summed E-state index contributed by atoms with van der Waals surface area (Å²) >= 11 is 0. The molecule has 1 heterocycles. The van der Waals surface area contributed by atoms with E-state index in [1.165, 1.54) is 78.2 Å². The number of nitrogens with zero attached hydrogens (tertiary/aromatic N) is 1. The normalized spacial score (nSPS) is 12.6. The summed E-state index contributed by atoms with van der Waals surface area (Å²) in [5.74, 6) is 1.76. The van der Waals surface area contributed by atoms with Gasteiger partial charge >= 0.3 is 0 Å². The van der Waals surface area contributed by atoms with Crippen LogP contribution in [0.5, 0.6) is 11.5 Å². The van der Waals surface area contributed by atoms with E-state index in [0.29, 0.717) is 0 Å². The van der Waals surface area contributed by atoms with Gasteiger partial charge in [0.15, 0.2) is 11.5 Å². The first-order chi connectivity index (χ1) is 22.6. The molecule has 1 aliphatic rings. The summed E-state index contributed by atoms with van der Waals surface area (Å²) < 4.78 is 6.70. The highest BCUT2D eigenvalue weighted by Gasteiger charge is 2.27. The van der Waals surface area contributed by atoms with E-state index in [0.717, 1.165) is 40.5 Å². The van der Waals surface area contributed by atoms with Gasteiger partial charge in [-0.05, 0) is 134 Å². The first-order valence-corrected chi connectivity index (χ1v) is 16.5. The molecule has 0 fully saturated rings. The van der Waals surface area contributed by atoms with Gasteiger partial charge < -0.3 is 9.64 Å². The largest absolute Gasteiger partial charge is 0.453 e. The minimum Gasteiger partial charge on any atom is -0.453 e. The van der Waals surface area contributed by atoms with Crippen LogP contribution >= 0.6 is 0 Å². The van der Waals surface area contributed by atoms with Crippen LogP contribution in [0.4, 0.5) is 17.1 Å². The molecule has 2 nitrogen and oxygen atoms in total. The molecular formula is C44H35NO. The van der Waals surface area contributed by atoms with E-state index < -0.39 is 0 Å². The second-order valence-corrected chi connectivity index (χ2v) is 12.9. The topological polar surface area (TPSA) is 12.5 Å². The summed E-state index contributed by atoms with van der Waals surface area (Å²) in [5, 5.41) is 10.6. The van der Waals surface area contributed by atoms with Gasteiger partial charge in [-0.1, -0.05) is 98.3 Å². The maximum atomic E-state index is 6.70. The van der Waals surface area contributed by atoms with Gasteiger partial charge in [0.25, 0.3) is 0 Å². The Morgan fingerprint density at radius 1 is 0.565 bits per heavy atom. The van der Waals surface area contributed by atoms with E-state index in [2.05, 4.69) is 147 Å². The molecule has 0 aliphatic carbocycles. The van der Waals surface area contributed by atoms with E-state index in [-0.39, 0.29) is 0 Å². The molecule has 0 saturated heterocycles. The fourth-order valence-electron chi connectivity index (χ4n) is 7.66. The van der Waals surface area contributed by atoms with Crippen molar-refractivity contribution < 1.29 is 4.74 Å². The van der Waals surface area contributed by atoms with Crippen LogP contribution in [-0.4, -0.2) is 0 Å². The Balaban J connectivity index is 1.22. The van der Waals surface area contributed by atoms with Crippen molar-refractivity contribution in [1.29, 1.82) is 0 Å². The molecule has 0 aromatic heterocycles. The maximum Gasteiger partial charge on any atom is 0.152 e. The van der Waals surface area contributed by atoms with E-state index >= 15 is 0 Å². The molecule has 8 aromatic carbocycles. The fraction of sp³-hybridized carbons (Fsp3) is 0.136. The number of hydrogen-bond donors (Lipinski definition) is 0. The van der Waals surface area contributed by atoms with Crippen molar-refractivity contribution >= 4 is 60.2 Å². The van der Waals surface area contributed by atoms with Crippen molar-refractivity contribution in [2.24, 2.45) is 0 Å². The lowest BCUT2D eigenvalue weighted by Gasteiger charge is -2.33. The molecule has 2 heteroatoms. The third kappa shape index (κ3) is 4.03. The summed E-state index contributed by atoms with van der Waals surface area (Å²) in [5.41, 5.74) is 9.53. The second-order valence-electron chi connectivity index (χ2n) is 12.9. The van der Waals surface area contributed by atoms with Crippen molar-refractivity contribution in [3.63, 3.8) is 0 Å². The van der Waals surface area contributed by atoms with Crippen LogP contribution in [0.15, 0.2) is 121 Å². The Kier molecular flexibility index (Phi) is 6.08. The molecule has 0 saturated carbocycles. The standard InChI is InChI=1S/C44H35NO/c1-4-5-8-29-15-18-31(19-16-29)45-39-23-13-27(2)25-41(39)46-42-26-30(17-24-40(42)45)33-21-22-38-35-11-6-9-32-28(3)14-20-37(43(32)35)36-12-7-10-34(33)44(36)38/h6-7,9-26H,4-5,8H2,1-3H3. The lowest BCUT2D eigenvalue weighted by molar-refractivity contribution is 0.477. The first-order valence-electron chi connectivity index (χ1n) is 16.5. The molecule has 0 spiro atoms. The zero-order valence-corrected chi connectivity index (χ0v) is 26.5. The SMILES string of the molecule is CCCCc1ccc(N2c3ccc(C)cc3Oc3cc(-c4ccc5c6cccc7c(C)ccc(c8cccc4c85)c76)ccc32)cc1. The van der Waals surface area contributed by atoms with Gasteiger partial charge in [0, 0.05) is 5.69 Å². The Morgan fingerprint density at radius 2 is 1.20 bits per heavy atom. The lowest BCUT2D eigenvalue weighted by atomic mass is 9.86. The van der Waals surface area contributed by atoms with Crippen LogP contribution in [0.25, 0.3) is 54.2 Å². The summed E-state index contributed by atoms with van der Waals surface area (Å²) in [7, 11) is 0. The average molecular weight is 594 g/mol. The molecule has 0 atom stereocenters. The predicted molar refractivity (Wildman–Crippen MR) is 196 cm³/mol. The Hall–Kier alpha value is -5.34. The molecule has 0 radical (unpaired) electrons. The third-order valence-electron chi connectivity index (χ3n) is 9.98. The number of hydrogen-bond acceptors (Lipinski definition) is 2. The van der Waals surface area contributed by atoms with E-state index in [1.807, 2.05) is 0 Å². The second kappa shape index (κ2) is 10.4. The van der Waals surface area contributed by atoms with Crippen molar-refractivity contribution in [3.05, 3.63) is 138 Å². The molecule has 0 unspecified atom stereocenters. The first kappa shape index (κ1) is 27.0. The fourth-order valence-corrected chi connectivity index (χ4v) is 7.66. The maximum absolute atomic E-state index is 6.70. The smallest absolute Gasteiger partial charge is 0.152 e. The number of ether oxygens (including phenoxy) is 1. The van der Waals surface area contributed by atoms with Gasteiger partial charge in [-0.25, -0.2) is 0 Å². The monoisotopic (exact) mass is 593 g/mol. The minimum atomic E-state index is 0.872. The van der Waals surface area contributed by atoms with Crippen LogP contribution in [-0.2, 0) is 6.42 Å². The Bertz CT molecular complexity index is 2430. The van der Waals surface area contributed by atoms with Gasteiger partial charge in [0.2, 0.25) is 0 Å². The van der Waals surface area contributed by atoms with Crippen LogP contribution < -0.4 is 9.64 Å². The van der Waals surface area contributed by atoms with Crippen molar-refractivity contribution in [2.45, 2.75) is 40.0 Å². The molecule has 0 amide bonds. The predicted octanol–water partition coefficient (Wildman–Crippen LogP) is 12.9. The minimum absolute atomic E-state index is 0.872. The van der Waals surface area contributed by atoms with Crippen LogP contribution in [0, 0.1) is 13.8 Å². The Morgan fingerprint density at radius 3 is 1.96 bits per heavy atom. The molecule has 46 heavy (non-hydrogen) atoms. The number of unbranched alkanes of at least 4 members (excludes halogenated alkanes) is 1. The number of fused-ring (bicyclic) bond motifs is 4. The quantitative estimate of drug-likeness (QED) is 0.145. The van der Waals surface area contributed by atoms with E-state index in [9.17, 15) is 0 Å². The molecule has 0 bridgehead atoms. The molecule has 1 aliphatic heterocycles. The molecule has 0 N–H and O–H groups in total. The zero-order valence-electron chi connectivity index (χ0n) is 26.5. The summed E-state index contributed by atoms with van der Waals surface area (Å²) in [6.07, 6.45) is 3.53. The number of aryl methyl sites for hydroxylation is 3. The summed E-state index contributed by atoms with van der Waals surface area (Å²) in [6.45, 7) is 6.58. The molecule has 8 aromatic rings. The highest BCUT2D eigenvalue weighted by Crippen LogP contribution is 2.52. The van der Waals surface area contributed by atoms with Gasteiger partial charge in [0.05, 0.1) is 11.4 Å². The van der Waals surface area contributed by atoms with Crippen LogP contribution in [0.3, 0.4) is 0 Å². The molecule has 222 valence electrons. The van der Waals surface area contributed by atoms with Gasteiger partial charge in [-0.3, -0.25) is 0 Å². The number of anilines is 3.